The predicted octanol–water partition coefficient (Wildman–Crippen LogP) is 4.07. The van der Waals surface area contributed by atoms with E-state index in [1.54, 1.807) is 30.3 Å². The molecule has 0 bridgehead atoms. The maximum absolute atomic E-state index is 12.3. The number of anilines is 1. The van der Waals surface area contributed by atoms with Gasteiger partial charge in [0.2, 0.25) is 5.76 Å². The van der Waals surface area contributed by atoms with Gasteiger partial charge in [0.1, 0.15) is 5.75 Å². The number of nitrogens with zero attached hydrogens (tertiary/aromatic N) is 1. The number of ether oxygens (including phenoxy) is 1. The summed E-state index contributed by atoms with van der Waals surface area (Å²) in [6.45, 7) is 4.48. The number of carboxylic acid groups (broad SMARTS) is 1. The highest BCUT2D eigenvalue weighted by Crippen LogP contribution is 2.23. The van der Waals surface area contributed by atoms with Gasteiger partial charge in [-0.2, -0.15) is 0 Å². The topological polar surface area (TPSA) is 102 Å². The minimum Gasteiger partial charge on any atom is -0.494 e. The Bertz CT molecular complexity index is 720. The Balaban J connectivity index is 1.88. The molecule has 0 aliphatic rings. The van der Waals surface area contributed by atoms with Gasteiger partial charge in [0, 0.05) is 24.1 Å². The molecule has 0 aliphatic heterocycles. The van der Waals surface area contributed by atoms with Crippen LogP contribution in [0.3, 0.4) is 0 Å². The number of aliphatic carboxylic acids is 1. The van der Waals surface area contributed by atoms with Crippen LogP contribution in [0.5, 0.6) is 5.75 Å². The third-order valence-electron chi connectivity index (χ3n) is 4.07. The predicted molar refractivity (Wildman–Crippen MR) is 96.6 cm³/mol. The Morgan fingerprint density at radius 3 is 2.54 bits per heavy atom. The third-order valence-corrected chi connectivity index (χ3v) is 4.07. The summed E-state index contributed by atoms with van der Waals surface area (Å²) >= 11 is 0. The second-order valence-corrected chi connectivity index (χ2v) is 5.95. The van der Waals surface area contributed by atoms with Gasteiger partial charge in [-0.25, -0.2) is 0 Å². The monoisotopic (exact) mass is 360 g/mol. The average Bonchev–Trinajstić information content (AvgIpc) is 3.11. The number of nitrogens with one attached hydrogen (secondary N) is 1. The summed E-state index contributed by atoms with van der Waals surface area (Å²) < 4.78 is 10.6. The van der Waals surface area contributed by atoms with Crippen molar-refractivity contribution in [3.63, 3.8) is 0 Å². The molecule has 0 spiro atoms. The standard InChI is InChI=1S/C19H24N2O5/c1-3-13(4-2)16-12-17(26-21-16)19(24)20-14-7-9-15(10-8-14)25-11-5-6-18(22)23/h7-10,12-13H,3-6,11H2,1-2H3,(H,20,24)(H,22,23). The van der Waals surface area contributed by atoms with Crippen molar-refractivity contribution in [2.24, 2.45) is 0 Å². The summed E-state index contributed by atoms with van der Waals surface area (Å²) in [6.07, 6.45) is 2.40. The molecule has 7 nitrogen and oxygen atoms in total. The van der Waals surface area contributed by atoms with Crippen molar-refractivity contribution in [3.8, 4) is 5.75 Å². The van der Waals surface area contributed by atoms with Crippen LogP contribution in [0.4, 0.5) is 5.69 Å². The van der Waals surface area contributed by atoms with Crippen molar-refractivity contribution in [1.82, 2.24) is 5.16 Å². The number of hydrogen-bond donors (Lipinski definition) is 2. The molecule has 1 amide bonds. The zero-order chi connectivity index (χ0) is 18.9. The van der Waals surface area contributed by atoms with E-state index in [2.05, 4.69) is 24.3 Å². The molecule has 0 saturated heterocycles. The van der Waals surface area contributed by atoms with Crippen LogP contribution in [0, 0.1) is 0 Å². The van der Waals surface area contributed by atoms with Crippen LogP contribution in [0.1, 0.15) is 61.7 Å². The lowest BCUT2D eigenvalue weighted by Crippen LogP contribution is -2.11. The first-order chi connectivity index (χ1) is 12.5. The van der Waals surface area contributed by atoms with E-state index in [9.17, 15) is 9.59 Å². The molecule has 0 atom stereocenters. The highest BCUT2D eigenvalue weighted by Gasteiger charge is 2.17. The molecule has 0 unspecified atom stereocenters. The van der Waals surface area contributed by atoms with E-state index in [4.69, 9.17) is 14.4 Å². The molecule has 1 aromatic heterocycles. The van der Waals surface area contributed by atoms with Gasteiger partial charge in [-0.1, -0.05) is 19.0 Å². The van der Waals surface area contributed by atoms with Gasteiger partial charge >= 0.3 is 5.97 Å². The number of carbonyl (C=O) groups is 2. The van der Waals surface area contributed by atoms with Crippen LogP contribution >= 0.6 is 0 Å². The minimum atomic E-state index is -0.841. The Labute approximate surface area is 152 Å². The SMILES string of the molecule is CCC(CC)c1cc(C(=O)Nc2ccc(OCCCC(=O)O)cc2)on1. The fourth-order valence-corrected chi connectivity index (χ4v) is 2.54. The Kier molecular flexibility index (Phi) is 7.20. The summed E-state index contributed by atoms with van der Waals surface area (Å²) in [6, 6.07) is 8.54. The second kappa shape index (κ2) is 9.60. The average molecular weight is 360 g/mol. The summed E-state index contributed by atoms with van der Waals surface area (Å²) in [5, 5.41) is 15.3. The number of carboxylic acids is 1. The largest absolute Gasteiger partial charge is 0.494 e. The van der Waals surface area contributed by atoms with Crippen LogP contribution in [-0.4, -0.2) is 28.7 Å². The van der Waals surface area contributed by atoms with E-state index < -0.39 is 5.97 Å². The van der Waals surface area contributed by atoms with Crippen molar-refractivity contribution < 1.29 is 24.0 Å². The molecule has 26 heavy (non-hydrogen) atoms. The van der Waals surface area contributed by atoms with Gasteiger partial charge in [0.05, 0.1) is 12.3 Å². The number of amides is 1. The molecule has 0 aliphatic carbocycles. The lowest BCUT2D eigenvalue weighted by molar-refractivity contribution is -0.137. The fourth-order valence-electron chi connectivity index (χ4n) is 2.54. The van der Waals surface area contributed by atoms with Crippen molar-refractivity contribution in [2.45, 2.75) is 45.4 Å². The molecular formula is C19H24N2O5. The van der Waals surface area contributed by atoms with Crippen molar-refractivity contribution >= 4 is 17.6 Å². The van der Waals surface area contributed by atoms with Crippen LogP contribution in [0.2, 0.25) is 0 Å². The van der Waals surface area contributed by atoms with E-state index in [0.717, 1.165) is 18.5 Å². The van der Waals surface area contributed by atoms with Gasteiger partial charge in [0.25, 0.3) is 5.91 Å². The van der Waals surface area contributed by atoms with Crippen molar-refractivity contribution in [2.75, 3.05) is 11.9 Å². The fraction of sp³-hybridized carbons (Fsp3) is 0.421. The second-order valence-electron chi connectivity index (χ2n) is 5.95. The number of benzene rings is 1. The molecule has 2 aromatic rings. The maximum Gasteiger partial charge on any atom is 0.303 e. The molecule has 7 heteroatoms. The summed E-state index contributed by atoms with van der Waals surface area (Å²) in [7, 11) is 0. The van der Waals surface area contributed by atoms with E-state index in [1.165, 1.54) is 0 Å². The summed E-state index contributed by atoms with van der Waals surface area (Å²) in [4.78, 5) is 22.7. The zero-order valence-corrected chi connectivity index (χ0v) is 15.0. The van der Waals surface area contributed by atoms with Gasteiger partial charge in [-0.3, -0.25) is 9.59 Å². The molecule has 0 fully saturated rings. The molecule has 1 aromatic carbocycles. The van der Waals surface area contributed by atoms with Gasteiger partial charge in [-0.15, -0.1) is 0 Å². The zero-order valence-electron chi connectivity index (χ0n) is 15.0. The van der Waals surface area contributed by atoms with E-state index in [1.807, 2.05) is 0 Å². The first-order valence-electron chi connectivity index (χ1n) is 8.76. The van der Waals surface area contributed by atoms with E-state index in [-0.39, 0.29) is 24.0 Å². The highest BCUT2D eigenvalue weighted by atomic mass is 16.5. The van der Waals surface area contributed by atoms with Crippen molar-refractivity contribution in [3.05, 3.63) is 41.8 Å². The van der Waals surface area contributed by atoms with E-state index in [0.29, 0.717) is 24.5 Å². The normalized spacial score (nSPS) is 10.7. The number of rotatable bonds is 10. The molecule has 0 radical (unpaired) electrons. The lowest BCUT2D eigenvalue weighted by atomic mass is 9.99. The molecule has 1 heterocycles. The maximum atomic E-state index is 12.3. The number of aromatic nitrogens is 1. The molecule has 140 valence electrons. The third kappa shape index (κ3) is 5.61. The quantitative estimate of drug-likeness (QED) is 0.619. The number of hydrogen-bond acceptors (Lipinski definition) is 5. The van der Waals surface area contributed by atoms with Crippen molar-refractivity contribution in [1.29, 1.82) is 0 Å². The van der Waals surface area contributed by atoms with Crippen LogP contribution in [0.15, 0.2) is 34.9 Å². The molecule has 0 saturated carbocycles. The van der Waals surface area contributed by atoms with Crippen LogP contribution < -0.4 is 10.1 Å². The Morgan fingerprint density at radius 2 is 1.92 bits per heavy atom. The molecule has 2 rings (SSSR count). The first-order valence-corrected chi connectivity index (χ1v) is 8.76. The minimum absolute atomic E-state index is 0.0736. The smallest absolute Gasteiger partial charge is 0.303 e. The van der Waals surface area contributed by atoms with Crippen LogP contribution in [-0.2, 0) is 4.79 Å². The number of carbonyl (C=O) groups excluding carboxylic acids is 1. The summed E-state index contributed by atoms with van der Waals surface area (Å²) in [5.41, 5.74) is 1.40. The summed E-state index contributed by atoms with van der Waals surface area (Å²) in [5.74, 6) is -0.112. The van der Waals surface area contributed by atoms with Gasteiger partial charge < -0.3 is 19.7 Å². The first kappa shape index (κ1) is 19.5. The lowest BCUT2D eigenvalue weighted by Gasteiger charge is -2.07. The van der Waals surface area contributed by atoms with Gasteiger partial charge in [0.15, 0.2) is 0 Å². The Hall–Kier alpha value is -2.83. The molecule has 2 N–H and O–H groups in total. The highest BCUT2D eigenvalue weighted by molar-refractivity contribution is 6.02. The van der Waals surface area contributed by atoms with Gasteiger partial charge in [-0.05, 0) is 43.5 Å². The molecular weight excluding hydrogens is 336 g/mol. The Morgan fingerprint density at radius 1 is 1.23 bits per heavy atom. The van der Waals surface area contributed by atoms with E-state index >= 15 is 0 Å². The van der Waals surface area contributed by atoms with Crippen LogP contribution in [0.25, 0.3) is 0 Å².